The smallest absolute Gasteiger partial charge is 0.335 e. The highest BCUT2D eigenvalue weighted by Gasteiger charge is 2.27. The summed E-state index contributed by atoms with van der Waals surface area (Å²) in [7, 11) is 1.59. The number of esters is 1. The van der Waals surface area contributed by atoms with Gasteiger partial charge >= 0.3 is 5.97 Å². The molecule has 0 aromatic rings. The molecule has 1 rings (SSSR count). The summed E-state index contributed by atoms with van der Waals surface area (Å²) in [5, 5.41) is 0. The summed E-state index contributed by atoms with van der Waals surface area (Å²) in [5.41, 5.74) is 6.82. The minimum Gasteiger partial charge on any atom is -0.463 e. The van der Waals surface area contributed by atoms with E-state index in [4.69, 9.17) is 15.2 Å². The minimum atomic E-state index is -0.306. The van der Waals surface area contributed by atoms with Gasteiger partial charge in [0.25, 0.3) is 0 Å². The van der Waals surface area contributed by atoms with Crippen LogP contribution in [0.15, 0.2) is 11.3 Å². The summed E-state index contributed by atoms with van der Waals surface area (Å²) in [6, 6.07) is 0. The van der Waals surface area contributed by atoms with E-state index in [2.05, 4.69) is 0 Å². The predicted molar refractivity (Wildman–Crippen MR) is 47.9 cm³/mol. The number of carbonyl (C=O) groups is 1. The molecule has 0 bridgehead atoms. The summed E-state index contributed by atoms with van der Waals surface area (Å²) < 4.78 is 9.95. The molecule has 1 unspecified atom stereocenters. The van der Waals surface area contributed by atoms with Crippen LogP contribution < -0.4 is 5.73 Å². The molecule has 4 nitrogen and oxygen atoms in total. The summed E-state index contributed by atoms with van der Waals surface area (Å²) in [4.78, 5) is 11.3. The van der Waals surface area contributed by atoms with Crippen LogP contribution in [0.4, 0.5) is 0 Å². The third kappa shape index (κ3) is 2.01. The molecule has 0 fully saturated rings. The Balaban J connectivity index is 2.69. The summed E-state index contributed by atoms with van der Waals surface area (Å²) in [6.45, 7) is 2.16. The average Bonchev–Trinajstić information content (AvgIpc) is 2.47. The Morgan fingerprint density at radius 2 is 2.38 bits per heavy atom. The molecule has 0 aromatic carbocycles. The van der Waals surface area contributed by atoms with Gasteiger partial charge in [0.1, 0.15) is 0 Å². The van der Waals surface area contributed by atoms with Crippen molar-refractivity contribution in [1.82, 2.24) is 0 Å². The first-order valence-electron chi connectivity index (χ1n) is 4.39. The van der Waals surface area contributed by atoms with Crippen LogP contribution in [0.3, 0.4) is 0 Å². The molecule has 0 aromatic heterocycles. The highest BCUT2D eigenvalue weighted by atomic mass is 16.5. The normalized spacial score (nSPS) is 22.2. The van der Waals surface area contributed by atoms with E-state index < -0.39 is 0 Å². The van der Waals surface area contributed by atoms with Gasteiger partial charge in [0.2, 0.25) is 0 Å². The fourth-order valence-corrected chi connectivity index (χ4v) is 1.45. The van der Waals surface area contributed by atoms with E-state index in [9.17, 15) is 4.79 Å². The molecule has 0 heterocycles. The largest absolute Gasteiger partial charge is 0.463 e. The van der Waals surface area contributed by atoms with Gasteiger partial charge in [-0.3, -0.25) is 0 Å². The Bertz CT molecular complexity index is 235. The van der Waals surface area contributed by atoms with Gasteiger partial charge in [-0.1, -0.05) is 0 Å². The Kier molecular flexibility index (Phi) is 3.31. The molecule has 1 aliphatic rings. The molecule has 0 amide bonds. The number of rotatable bonds is 3. The molecular weight excluding hydrogens is 170 g/mol. The number of hydrogen-bond acceptors (Lipinski definition) is 4. The van der Waals surface area contributed by atoms with Gasteiger partial charge in [0.15, 0.2) is 0 Å². The second-order valence-electron chi connectivity index (χ2n) is 2.92. The van der Waals surface area contributed by atoms with Crippen LogP contribution >= 0.6 is 0 Å². The first-order chi connectivity index (χ1) is 6.20. The highest BCUT2D eigenvalue weighted by molar-refractivity contribution is 5.90. The summed E-state index contributed by atoms with van der Waals surface area (Å²) >= 11 is 0. The van der Waals surface area contributed by atoms with Crippen molar-refractivity contribution in [3.05, 3.63) is 11.3 Å². The monoisotopic (exact) mass is 185 g/mol. The summed E-state index contributed by atoms with van der Waals surface area (Å²) in [5.74, 6) is -0.306. The van der Waals surface area contributed by atoms with Crippen LogP contribution in [0.2, 0.25) is 0 Å². The second-order valence-corrected chi connectivity index (χ2v) is 2.92. The van der Waals surface area contributed by atoms with Gasteiger partial charge in [0.05, 0.1) is 18.3 Å². The molecule has 2 N–H and O–H groups in total. The molecule has 0 saturated heterocycles. The topological polar surface area (TPSA) is 61.5 Å². The van der Waals surface area contributed by atoms with E-state index in [0.29, 0.717) is 24.3 Å². The zero-order valence-corrected chi connectivity index (χ0v) is 8.00. The molecule has 0 spiro atoms. The molecule has 1 aliphatic carbocycles. The van der Waals surface area contributed by atoms with Crippen LogP contribution in [0.5, 0.6) is 0 Å². The van der Waals surface area contributed by atoms with E-state index in [1.165, 1.54) is 0 Å². The van der Waals surface area contributed by atoms with Crippen molar-refractivity contribution in [3.63, 3.8) is 0 Å². The average molecular weight is 185 g/mol. The maximum Gasteiger partial charge on any atom is 0.335 e. The predicted octanol–water partition coefficient (Wildman–Crippen LogP) is 0.571. The molecule has 0 saturated carbocycles. The van der Waals surface area contributed by atoms with E-state index >= 15 is 0 Å². The van der Waals surface area contributed by atoms with Gasteiger partial charge in [-0.25, -0.2) is 4.79 Å². The van der Waals surface area contributed by atoms with Crippen molar-refractivity contribution in [3.8, 4) is 0 Å². The lowest BCUT2D eigenvalue weighted by Crippen LogP contribution is -2.18. The molecule has 4 heteroatoms. The number of ether oxygens (including phenoxy) is 2. The number of hydrogen-bond donors (Lipinski definition) is 1. The molecule has 13 heavy (non-hydrogen) atoms. The van der Waals surface area contributed by atoms with Crippen molar-refractivity contribution in [2.45, 2.75) is 25.9 Å². The Labute approximate surface area is 77.7 Å². The molecule has 1 atom stereocenters. The van der Waals surface area contributed by atoms with E-state index in [-0.39, 0.29) is 12.1 Å². The number of methoxy groups -OCH3 is 1. The van der Waals surface area contributed by atoms with Gasteiger partial charge in [0, 0.05) is 12.8 Å². The third-order valence-corrected chi connectivity index (χ3v) is 2.16. The first kappa shape index (κ1) is 10.1. The molecule has 0 aliphatic heterocycles. The van der Waals surface area contributed by atoms with E-state index in [1.807, 2.05) is 0 Å². The SMILES string of the molecule is CCOC(=O)C1=C(N)C(OC)CC1. The third-order valence-electron chi connectivity index (χ3n) is 2.16. The lowest BCUT2D eigenvalue weighted by Gasteiger charge is -2.08. The lowest BCUT2D eigenvalue weighted by atomic mass is 10.2. The Morgan fingerprint density at radius 1 is 1.69 bits per heavy atom. The van der Waals surface area contributed by atoms with Gasteiger partial charge in [-0.05, 0) is 19.8 Å². The second kappa shape index (κ2) is 4.28. The summed E-state index contributed by atoms with van der Waals surface area (Å²) in [6.07, 6.45) is 1.32. The fourth-order valence-electron chi connectivity index (χ4n) is 1.45. The zero-order valence-electron chi connectivity index (χ0n) is 8.00. The minimum absolute atomic E-state index is 0.112. The number of nitrogens with two attached hydrogens (primary N) is 1. The van der Waals surface area contributed by atoms with Crippen LogP contribution in [-0.2, 0) is 14.3 Å². The van der Waals surface area contributed by atoms with E-state index in [0.717, 1.165) is 6.42 Å². The van der Waals surface area contributed by atoms with Gasteiger partial charge in [-0.15, -0.1) is 0 Å². The van der Waals surface area contributed by atoms with Crippen LogP contribution in [-0.4, -0.2) is 25.8 Å². The van der Waals surface area contributed by atoms with Crippen LogP contribution in [0.25, 0.3) is 0 Å². The zero-order chi connectivity index (χ0) is 9.84. The Hall–Kier alpha value is -1.03. The molecule has 0 radical (unpaired) electrons. The standard InChI is InChI=1S/C9H15NO3/c1-3-13-9(11)6-4-5-7(12-2)8(6)10/h7H,3-5,10H2,1-2H3. The maximum atomic E-state index is 11.3. The van der Waals surface area contributed by atoms with Crippen LogP contribution in [0.1, 0.15) is 19.8 Å². The first-order valence-corrected chi connectivity index (χ1v) is 4.39. The molecular formula is C9H15NO3. The van der Waals surface area contributed by atoms with Gasteiger partial charge in [-0.2, -0.15) is 0 Å². The van der Waals surface area contributed by atoms with Crippen molar-refractivity contribution in [2.24, 2.45) is 5.73 Å². The van der Waals surface area contributed by atoms with Crippen molar-refractivity contribution in [1.29, 1.82) is 0 Å². The van der Waals surface area contributed by atoms with E-state index in [1.54, 1.807) is 14.0 Å². The van der Waals surface area contributed by atoms with Gasteiger partial charge < -0.3 is 15.2 Å². The van der Waals surface area contributed by atoms with Crippen LogP contribution in [0, 0.1) is 0 Å². The van der Waals surface area contributed by atoms with Crippen molar-refractivity contribution >= 4 is 5.97 Å². The Morgan fingerprint density at radius 3 is 2.85 bits per heavy atom. The van der Waals surface area contributed by atoms with Crippen molar-refractivity contribution in [2.75, 3.05) is 13.7 Å². The fraction of sp³-hybridized carbons (Fsp3) is 0.667. The quantitative estimate of drug-likeness (QED) is 0.653. The maximum absolute atomic E-state index is 11.3. The lowest BCUT2D eigenvalue weighted by molar-refractivity contribution is -0.138. The number of carbonyl (C=O) groups excluding carboxylic acids is 1. The van der Waals surface area contributed by atoms with Crippen molar-refractivity contribution < 1.29 is 14.3 Å². The highest BCUT2D eigenvalue weighted by Crippen LogP contribution is 2.25. The molecule has 74 valence electrons.